The molecule has 0 fully saturated rings. The van der Waals surface area contributed by atoms with Crippen molar-refractivity contribution in [3.63, 3.8) is 0 Å². The van der Waals surface area contributed by atoms with Crippen LogP contribution in [0, 0.1) is 0 Å². The third-order valence-corrected chi connectivity index (χ3v) is 2.39. The Bertz CT molecular complexity index is 489. The summed E-state index contributed by atoms with van der Waals surface area (Å²) in [5.74, 6) is 0.306. The number of nitrogens with zero attached hydrogens (tertiary/aromatic N) is 1. The van der Waals surface area contributed by atoms with Crippen molar-refractivity contribution in [2.75, 3.05) is 11.1 Å². The summed E-state index contributed by atoms with van der Waals surface area (Å²) in [7, 11) is 0. The highest BCUT2D eigenvalue weighted by Crippen LogP contribution is 2.18. The van der Waals surface area contributed by atoms with Gasteiger partial charge < -0.3 is 11.1 Å². The number of carbonyl (C=O) groups excluding carboxylic acids is 1. The number of benzene rings is 1. The van der Waals surface area contributed by atoms with Crippen molar-refractivity contribution in [1.82, 2.24) is 10.2 Å². The summed E-state index contributed by atoms with van der Waals surface area (Å²) < 4.78 is 0.766. The summed E-state index contributed by atoms with van der Waals surface area (Å²) in [6.07, 6.45) is 1.56. The Kier molecular flexibility index (Phi) is 2.91. The number of nitrogens with two attached hydrogens (primary N) is 1. The molecule has 82 valence electrons. The van der Waals surface area contributed by atoms with E-state index in [0.29, 0.717) is 17.1 Å². The van der Waals surface area contributed by atoms with E-state index < -0.39 is 0 Å². The van der Waals surface area contributed by atoms with Gasteiger partial charge in [-0.25, -0.2) is 0 Å². The summed E-state index contributed by atoms with van der Waals surface area (Å²) in [6, 6.07) is 6.70. The lowest BCUT2D eigenvalue weighted by atomic mass is 10.2. The summed E-state index contributed by atoms with van der Waals surface area (Å²) >= 11 is 3.28. The fourth-order valence-corrected chi connectivity index (χ4v) is 1.77. The highest BCUT2D eigenvalue weighted by Gasteiger charge is 2.08. The number of rotatable bonds is 2. The van der Waals surface area contributed by atoms with E-state index in [2.05, 4.69) is 31.4 Å². The maximum Gasteiger partial charge on any atom is 0.256 e. The molecule has 0 unspecified atom stereocenters. The molecule has 0 atom stereocenters. The molecule has 1 aromatic heterocycles. The fourth-order valence-electron chi connectivity index (χ4n) is 1.26. The van der Waals surface area contributed by atoms with Gasteiger partial charge in [0.2, 0.25) is 0 Å². The molecule has 1 aromatic carbocycles. The van der Waals surface area contributed by atoms with Crippen molar-refractivity contribution in [1.29, 1.82) is 0 Å². The maximum atomic E-state index is 11.8. The number of amides is 1. The SMILES string of the molecule is Nc1cc(Br)cc(C(=O)Nc2ccn[nH]2)c1. The monoisotopic (exact) mass is 280 g/mol. The first-order valence-electron chi connectivity index (χ1n) is 4.52. The Morgan fingerprint density at radius 3 is 2.88 bits per heavy atom. The van der Waals surface area contributed by atoms with Gasteiger partial charge in [0.15, 0.2) is 0 Å². The molecule has 5 nitrogen and oxygen atoms in total. The molecule has 1 amide bonds. The molecule has 0 aliphatic carbocycles. The number of nitrogens with one attached hydrogen (secondary N) is 2. The molecule has 0 aliphatic heterocycles. The standard InChI is InChI=1S/C10H9BrN4O/c11-7-3-6(4-8(12)5-7)10(16)14-9-1-2-13-15-9/h1-5H,12H2,(H2,13,14,15,16). The molecule has 0 spiro atoms. The van der Waals surface area contributed by atoms with E-state index in [1.807, 2.05) is 0 Å². The average Bonchev–Trinajstić information content (AvgIpc) is 2.68. The molecular formula is C10H9BrN4O. The van der Waals surface area contributed by atoms with Gasteiger partial charge in [0.25, 0.3) is 5.91 Å². The third-order valence-electron chi connectivity index (χ3n) is 1.93. The molecule has 16 heavy (non-hydrogen) atoms. The molecule has 1 heterocycles. The summed E-state index contributed by atoms with van der Waals surface area (Å²) in [6.45, 7) is 0. The molecule has 4 N–H and O–H groups in total. The first kappa shape index (κ1) is 10.7. The second-order valence-electron chi connectivity index (χ2n) is 3.20. The van der Waals surface area contributed by atoms with Crippen molar-refractivity contribution in [3.05, 3.63) is 40.5 Å². The molecule has 0 aliphatic rings. The second kappa shape index (κ2) is 4.36. The summed E-state index contributed by atoms with van der Waals surface area (Å²) in [5, 5.41) is 9.03. The van der Waals surface area contributed by atoms with Crippen molar-refractivity contribution >= 4 is 33.3 Å². The number of carbonyl (C=O) groups is 1. The molecular weight excluding hydrogens is 272 g/mol. The van der Waals surface area contributed by atoms with Crippen molar-refractivity contribution in [2.24, 2.45) is 0 Å². The molecule has 2 aromatic rings. The molecule has 0 saturated carbocycles. The van der Waals surface area contributed by atoms with E-state index in [9.17, 15) is 4.79 Å². The van der Waals surface area contributed by atoms with Crippen molar-refractivity contribution in [3.8, 4) is 0 Å². The molecule has 0 bridgehead atoms. The van der Waals surface area contributed by atoms with Gasteiger partial charge in [0.1, 0.15) is 5.82 Å². The Morgan fingerprint density at radius 2 is 2.25 bits per heavy atom. The van der Waals surface area contributed by atoms with Gasteiger partial charge in [0.05, 0.1) is 6.20 Å². The second-order valence-corrected chi connectivity index (χ2v) is 4.11. The zero-order valence-electron chi connectivity index (χ0n) is 8.20. The smallest absolute Gasteiger partial charge is 0.256 e. The number of aromatic nitrogens is 2. The summed E-state index contributed by atoms with van der Waals surface area (Å²) in [5.41, 5.74) is 6.66. The topological polar surface area (TPSA) is 83.8 Å². The van der Waals surface area contributed by atoms with Crippen LogP contribution >= 0.6 is 15.9 Å². The van der Waals surface area contributed by atoms with E-state index >= 15 is 0 Å². The van der Waals surface area contributed by atoms with E-state index in [4.69, 9.17) is 5.73 Å². The molecule has 0 saturated heterocycles. The van der Waals surface area contributed by atoms with Crippen LogP contribution in [0.25, 0.3) is 0 Å². The predicted molar refractivity (Wildman–Crippen MR) is 65.1 cm³/mol. The Hall–Kier alpha value is -1.82. The van der Waals surface area contributed by atoms with Gasteiger partial charge in [-0.2, -0.15) is 5.10 Å². The largest absolute Gasteiger partial charge is 0.399 e. The minimum absolute atomic E-state index is 0.239. The van der Waals surface area contributed by atoms with Crippen LogP contribution in [0.5, 0.6) is 0 Å². The lowest BCUT2D eigenvalue weighted by molar-refractivity contribution is 0.102. The summed E-state index contributed by atoms with van der Waals surface area (Å²) in [4.78, 5) is 11.8. The highest BCUT2D eigenvalue weighted by molar-refractivity contribution is 9.10. The number of aromatic amines is 1. The maximum absolute atomic E-state index is 11.8. The van der Waals surface area contributed by atoms with Crippen LogP contribution in [-0.4, -0.2) is 16.1 Å². The van der Waals surface area contributed by atoms with Gasteiger partial charge in [-0.15, -0.1) is 0 Å². The Labute approximate surface area is 100 Å². The predicted octanol–water partition coefficient (Wildman–Crippen LogP) is 2.01. The zero-order chi connectivity index (χ0) is 11.5. The number of H-pyrrole nitrogens is 1. The van der Waals surface area contributed by atoms with Crippen molar-refractivity contribution < 1.29 is 4.79 Å². The molecule has 0 radical (unpaired) electrons. The molecule has 6 heteroatoms. The van der Waals surface area contributed by atoms with Gasteiger partial charge in [0, 0.05) is 21.8 Å². The van der Waals surface area contributed by atoms with Crippen LogP contribution in [0.3, 0.4) is 0 Å². The van der Waals surface area contributed by atoms with Gasteiger partial charge in [-0.05, 0) is 18.2 Å². The highest BCUT2D eigenvalue weighted by atomic mass is 79.9. The van der Waals surface area contributed by atoms with E-state index in [1.54, 1.807) is 30.5 Å². The van der Waals surface area contributed by atoms with Gasteiger partial charge in [-0.1, -0.05) is 15.9 Å². The number of anilines is 2. The average molecular weight is 281 g/mol. The van der Waals surface area contributed by atoms with Crippen LogP contribution in [0.2, 0.25) is 0 Å². The number of hydrogen-bond acceptors (Lipinski definition) is 3. The first-order chi connectivity index (χ1) is 7.65. The van der Waals surface area contributed by atoms with Crippen molar-refractivity contribution in [2.45, 2.75) is 0 Å². The third kappa shape index (κ3) is 2.40. The van der Waals surface area contributed by atoms with E-state index in [-0.39, 0.29) is 5.91 Å². The van der Waals surface area contributed by atoms with Crippen LogP contribution in [0.1, 0.15) is 10.4 Å². The number of hydrogen-bond donors (Lipinski definition) is 3. The fraction of sp³-hybridized carbons (Fsp3) is 0. The lowest BCUT2D eigenvalue weighted by Crippen LogP contribution is -2.12. The minimum atomic E-state index is -0.239. The first-order valence-corrected chi connectivity index (χ1v) is 5.31. The van der Waals surface area contributed by atoms with E-state index in [0.717, 1.165) is 4.47 Å². The van der Waals surface area contributed by atoms with Crippen LogP contribution in [-0.2, 0) is 0 Å². The van der Waals surface area contributed by atoms with Crippen LogP contribution in [0.15, 0.2) is 34.9 Å². The van der Waals surface area contributed by atoms with Gasteiger partial charge >= 0.3 is 0 Å². The Balaban J connectivity index is 2.21. The quantitative estimate of drug-likeness (QED) is 0.736. The minimum Gasteiger partial charge on any atom is -0.399 e. The van der Waals surface area contributed by atoms with E-state index in [1.165, 1.54) is 0 Å². The Morgan fingerprint density at radius 1 is 1.44 bits per heavy atom. The lowest BCUT2D eigenvalue weighted by Gasteiger charge is -2.04. The zero-order valence-corrected chi connectivity index (χ0v) is 9.78. The van der Waals surface area contributed by atoms with Gasteiger partial charge in [-0.3, -0.25) is 9.89 Å². The normalized spacial score (nSPS) is 10.1. The van der Waals surface area contributed by atoms with Crippen LogP contribution in [0.4, 0.5) is 11.5 Å². The number of nitrogen functional groups attached to an aromatic ring is 1. The van der Waals surface area contributed by atoms with Crippen LogP contribution < -0.4 is 11.1 Å². The number of halogens is 1. The molecule has 2 rings (SSSR count).